The molecule has 2 N–H and O–H groups in total. The first-order valence-electron chi connectivity index (χ1n) is 19.5. The van der Waals surface area contributed by atoms with E-state index in [1.165, 1.54) is 35.1 Å². The first-order valence-corrected chi connectivity index (χ1v) is 21.4. The molecule has 0 bridgehead atoms. The van der Waals surface area contributed by atoms with Gasteiger partial charge in [-0.2, -0.15) is 0 Å². The Balaban J connectivity index is 1.03. The van der Waals surface area contributed by atoms with Gasteiger partial charge >= 0.3 is 11.9 Å². The van der Waals surface area contributed by atoms with Gasteiger partial charge < -0.3 is 29.7 Å². The Morgan fingerprint density at radius 2 is 1.56 bits per heavy atom. The monoisotopic (exact) mass is 855 g/mol. The number of oxime groups is 1. The van der Waals surface area contributed by atoms with Crippen molar-refractivity contribution in [2.24, 2.45) is 5.16 Å². The highest BCUT2D eigenvalue weighted by atomic mass is 32.2. The minimum absolute atomic E-state index is 0.0476. The Hall–Kier alpha value is -6.71. The number of rotatable bonds is 15. The van der Waals surface area contributed by atoms with Gasteiger partial charge in [-0.3, -0.25) is 19.3 Å². The number of carbonyl (C=O) groups excluding carboxylic acids is 4. The first-order chi connectivity index (χ1) is 29.8. The van der Waals surface area contributed by atoms with Gasteiger partial charge in [0.05, 0.1) is 7.11 Å². The maximum Gasteiger partial charge on any atom is 0.355 e. The smallest absolute Gasteiger partial charge is 0.355 e. The average molecular weight is 856 g/mol. The minimum atomic E-state index is -0.997. The van der Waals surface area contributed by atoms with Crippen molar-refractivity contribution >= 4 is 57.7 Å². The van der Waals surface area contributed by atoms with Gasteiger partial charge in [0.2, 0.25) is 0 Å². The Morgan fingerprint density at radius 1 is 0.918 bits per heavy atom. The fourth-order valence-electron chi connectivity index (χ4n) is 7.49. The van der Waals surface area contributed by atoms with Crippen LogP contribution in [0.25, 0.3) is 0 Å². The van der Waals surface area contributed by atoms with Crippen molar-refractivity contribution in [2.45, 2.75) is 42.5 Å². The molecule has 8 rings (SSSR count). The van der Waals surface area contributed by atoms with Gasteiger partial charge in [-0.05, 0) is 52.5 Å². The summed E-state index contributed by atoms with van der Waals surface area (Å²) in [5.41, 5.74) is 3.49. The number of hydrogen-bond acceptors (Lipinski definition) is 13. The lowest BCUT2D eigenvalue weighted by Gasteiger charge is -2.49. The lowest BCUT2D eigenvalue weighted by atomic mass is 9.77. The van der Waals surface area contributed by atoms with Crippen molar-refractivity contribution in [3.63, 3.8) is 0 Å². The summed E-state index contributed by atoms with van der Waals surface area (Å²) in [6.45, 7) is -0.0476. The molecule has 2 saturated heterocycles. The number of amides is 2. The molecule has 0 spiro atoms. The predicted octanol–water partition coefficient (Wildman–Crippen LogP) is 6.57. The molecule has 13 nitrogen and oxygen atoms in total. The molecule has 2 fully saturated rings. The van der Waals surface area contributed by atoms with Crippen LogP contribution in [0, 0.1) is 0 Å². The van der Waals surface area contributed by atoms with Crippen molar-refractivity contribution in [1.82, 2.24) is 15.2 Å². The number of carbonyl (C=O) groups is 4. The van der Waals surface area contributed by atoms with E-state index in [2.05, 4.69) is 52.2 Å². The molecule has 15 heteroatoms. The molecule has 4 aromatic carbocycles. The molecule has 3 aliphatic rings. The van der Waals surface area contributed by atoms with Crippen LogP contribution in [0.2, 0.25) is 0 Å². The van der Waals surface area contributed by atoms with Gasteiger partial charge in [-0.25, -0.2) is 9.78 Å². The molecule has 3 aliphatic heterocycles. The average Bonchev–Trinajstić information content (AvgIpc) is 3.96. The highest BCUT2D eigenvalue weighted by Gasteiger charge is 2.54. The van der Waals surface area contributed by atoms with E-state index in [4.69, 9.17) is 24.0 Å². The Kier molecular flexibility index (Phi) is 12.3. The quantitative estimate of drug-likeness (QED) is 0.0386. The first kappa shape index (κ1) is 41.0. The highest BCUT2D eigenvalue weighted by Crippen LogP contribution is 2.43. The van der Waals surface area contributed by atoms with E-state index >= 15 is 0 Å². The maximum atomic E-state index is 14.1. The number of fused-ring (bicyclic) bond motifs is 1. The lowest BCUT2D eigenvalue weighted by molar-refractivity contribution is -0.153. The summed E-state index contributed by atoms with van der Waals surface area (Å²) >= 11 is 2.68. The molecule has 2 amide bonds. The standard InChI is InChI=1S/C46H41N5O8S2/c1-56-34-21-18-29(19-22-34)26-58-44(55)40-30(20-23-35-24-25-37(52)59-35)27-60-43-39(42(54)51(40)43)48-41(53)38(50-57-2)36-28-61-45(47-36)49-46(31-12-6-3-7-13-31,32-14-8-4-9-15-32)33-16-10-5-11-17-33/h3-23,28,35,39,43H,24-27H2,1-2H3,(H,47,49)(H,48,53)/t35?,39-,43+/m1/s1. The van der Waals surface area contributed by atoms with Crippen LogP contribution in [0.15, 0.2) is 149 Å². The molecule has 310 valence electrons. The van der Waals surface area contributed by atoms with E-state index in [9.17, 15) is 19.2 Å². The third-order valence-electron chi connectivity index (χ3n) is 10.5. The van der Waals surface area contributed by atoms with Crippen LogP contribution in [0.5, 0.6) is 5.75 Å². The zero-order valence-corrected chi connectivity index (χ0v) is 34.8. The summed E-state index contributed by atoms with van der Waals surface area (Å²) < 4.78 is 16.3. The number of benzene rings is 4. The number of aromatic nitrogens is 1. The third-order valence-corrected chi connectivity index (χ3v) is 12.6. The van der Waals surface area contributed by atoms with Crippen molar-refractivity contribution in [3.05, 3.63) is 172 Å². The molecule has 5 aromatic rings. The Morgan fingerprint density at radius 3 is 2.13 bits per heavy atom. The third kappa shape index (κ3) is 8.52. The molecular formula is C46H41N5O8S2. The zero-order chi connectivity index (χ0) is 42.3. The number of cyclic esters (lactones) is 1. The molecule has 1 aromatic heterocycles. The van der Waals surface area contributed by atoms with Gasteiger partial charge in [0.25, 0.3) is 11.8 Å². The van der Waals surface area contributed by atoms with Crippen molar-refractivity contribution < 1.29 is 38.2 Å². The molecule has 0 radical (unpaired) electrons. The lowest BCUT2D eigenvalue weighted by Crippen LogP contribution is -2.71. The van der Waals surface area contributed by atoms with Gasteiger partial charge in [-0.1, -0.05) is 114 Å². The second-order valence-electron chi connectivity index (χ2n) is 14.2. The Bertz CT molecular complexity index is 2400. The number of nitrogens with one attached hydrogen (secondary N) is 2. The van der Waals surface area contributed by atoms with E-state index in [1.807, 2.05) is 54.6 Å². The number of ether oxygens (including phenoxy) is 3. The fraction of sp³-hybridized carbons (Fsp3) is 0.217. The van der Waals surface area contributed by atoms with Crippen LogP contribution < -0.4 is 15.4 Å². The summed E-state index contributed by atoms with van der Waals surface area (Å²) in [6.07, 6.45) is 3.80. The summed E-state index contributed by atoms with van der Waals surface area (Å²) in [7, 11) is 2.89. The second-order valence-corrected chi connectivity index (χ2v) is 16.2. The number of allylic oxidation sites excluding steroid dienone is 1. The number of nitrogens with zero attached hydrogens (tertiary/aromatic N) is 3. The van der Waals surface area contributed by atoms with Gasteiger partial charge in [-0.15, -0.1) is 23.1 Å². The molecule has 3 atom stereocenters. The molecule has 61 heavy (non-hydrogen) atoms. The molecule has 4 heterocycles. The summed E-state index contributed by atoms with van der Waals surface area (Å²) in [5.74, 6) is -1.21. The van der Waals surface area contributed by atoms with Crippen molar-refractivity contribution in [3.8, 4) is 5.75 Å². The second kappa shape index (κ2) is 18.3. The number of β-lactam (4-membered cyclic amide) rings is 1. The van der Waals surface area contributed by atoms with E-state index in [-0.39, 0.29) is 29.7 Å². The van der Waals surface area contributed by atoms with Crippen LogP contribution >= 0.6 is 23.1 Å². The fourth-order valence-corrected chi connectivity index (χ4v) is 9.56. The number of hydrogen-bond donors (Lipinski definition) is 2. The van der Waals surface area contributed by atoms with Gasteiger partial charge in [0.15, 0.2) is 10.8 Å². The maximum absolute atomic E-state index is 14.1. The van der Waals surface area contributed by atoms with E-state index in [1.54, 1.807) is 48.9 Å². The summed E-state index contributed by atoms with van der Waals surface area (Å²) in [6, 6.07) is 36.3. The normalized spacial score (nSPS) is 18.9. The topological polar surface area (TPSA) is 158 Å². The van der Waals surface area contributed by atoms with Gasteiger partial charge in [0.1, 0.15) is 53.9 Å². The SMILES string of the molecule is CON=C(C(=O)N[C@@H]1C(=O)N2C(C(=O)OCc3ccc(OC)cc3)=C(C=CC3CCC(=O)O3)CS[C@@H]12)c1csc(NC(c2ccccc2)(c2ccccc2)c2ccccc2)n1. The molecule has 0 aliphatic carbocycles. The van der Waals surface area contributed by atoms with E-state index < -0.39 is 40.8 Å². The molecular weight excluding hydrogens is 815 g/mol. The zero-order valence-electron chi connectivity index (χ0n) is 33.2. The molecule has 1 unspecified atom stereocenters. The largest absolute Gasteiger partial charge is 0.497 e. The Labute approximate surface area is 360 Å². The molecule has 0 saturated carbocycles. The van der Waals surface area contributed by atoms with Gasteiger partial charge in [0, 0.05) is 17.6 Å². The predicted molar refractivity (Wildman–Crippen MR) is 232 cm³/mol. The van der Waals surface area contributed by atoms with Crippen LogP contribution in [-0.2, 0) is 45.6 Å². The highest BCUT2D eigenvalue weighted by molar-refractivity contribution is 8.00. The summed E-state index contributed by atoms with van der Waals surface area (Å²) in [5, 5.41) is 12.2. The van der Waals surface area contributed by atoms with E-state index in [0.717, 1.165) is 22.3 Å². The number of anilines is 1. The van der Waals surface area contributed by atoms with Crippen molar-refractivity contribution in [2.75, 3.05) is 25.3 Å². The number of thioether (sulfide) groups is 1. The summed E-state index contributed by atoms with van der Waals surface area (Å²) in [4.78, 5) is 64.9. The van der Waals surface area contributed by atoms with Crippen LogP contribution in [0.4, 0.5) is 5.13 Å². The van der Waals surface area contributed by atoms with Crippen molar-refractivity contribution in [1.29, 1.82) is 0 Å². The number of thiazole rings is 1. The van der Waals surface area contributed by atoms with Crippen LogP contribution in [0.1, 0.15) is 40.8 Å². The number of esters is 2. The van der Waals surface area contributed by atoms with E-state index in [0.29, 0.717) is 35.0 Å². The minimum Gasteiger partial charge on any atom is -0.497 e. The van der Waals surface area contributed by atoms with Crippen LogP contribution in [-0.4, -0.2) is 76.8 Å². The number of methoxy groups -OCH3 is 1. The van der Waals surface area contributed by atoms with Crippen LogP contribution in [0.3, 0.4) is 0 Å².